The van der Waals surface area contributed by atoms with Gasteiger partial charge in [0.05, 0.1) is 6.61 Å². The standard InChI is InChI=1S/C15H23NO/c1-12(2)14-7-3-4-8-15(14)17-11-13-6-5-9-16-10-13/h3-4,7-8,12-13,16H,5-6,9-11H2,1-2H3/t13-/m0/s1. The molecule has 2 nitrogen and oxygen atoms in total. The van der Waals surface area contributed by atoms with Crippen molar-refractivity contribution in [1.29, 1.82) is 0 Å². The van der Waals surface area contributed by atoms with E-state index in [9.17, 15) is 0 Å². The zero-order valence-electron chi connectivity index (χ0n) is 10.9. The van der Waals surface area contributed by atoms with Crippen LogP contribution in [-0.2, 0) is 0 Å². The van der Waals surface area contributed by atoms with Crippen LogP contribution in [0.2, 0.25) is 0 Å². The molecule has 1 N–H and O–H groups in total. The number of piperidine rings is 1. The lowest BCUT2D eigenvalue weighted by molar-refractivity contribution is 0.216. The molecule has 0 aliphatic carbocycles. The number of benzene rings is 1. The first kappa shape index (κ1) is 12.4. The van der Waals surface area contributed by atoms with Crippen molar-refractivity contribution in [3.8, 4) is 5.75 Å². The molecule has 2 heteroatoms. The fourth-order valence-electron chi connectivity index (χ4n) is 2.36. The predicted octanol–water partition coefficient (Wildman–Crippen LogP) is 3.19. The Kier molecular flexibility index (Phi) is 4.43. The van der Waals surface area contributed by atoms with E-state index in [1.807, 2.05) is 0 Å². The Hall–Kier alpha value is -1.02. The van der Waals surface area contributed by atoms with Gasteiger partial charge >= 0.3 is 0 Å². The molecule has 17 heavy (non-hydrogen) atoms. The second kappa shape index (κ2) is 6.06. The fraction of sp³-hybridized carbons (Fsp3) is 0.600. The summed E-state index contributed by atoms with van der Waals surface area (Å²) in [5.74, 6) is 2.26. The second-order valence-electron chi connectivity index (χ2n) is 5.22. The van der Waals surface area contributed by atoms with E-state index in [1.165, 1.54) is 24.9 Å². The van der Waals surface area contributed by atoms with Gasteiger partial charge < -0.3 is 10.1 Å². The second-order valence-corrected chi connectivity index (χ2v) is 5.22. The van der Waals surface area contributed by atoms with Crippen LogP contribution >= 0.6 is 0 Å². The van der Waals surface area contributed by atoms with Crippen molar-refractivity contribution in [2.24, 2.45) is 5.92 Å². The van der Waals surface area contributed by atoms with E-state index in [0.29, 0.717) is 11.8 Å². The quantitative estimate of drug-likeness (QED) is 0.862. The summed E-state index contributed by atoms with van der Waals surface area (Å²) in [5.41, 5.74) is 1.32. The highest BCUT2D eigenvalue weighted by Crippen LogP contribution is 2.26. The molecular formula is C15H23NO. The zero-order chi connectivity index (χ0) is 12.1. The Morgan fingerprint density at radius 1 is 1.35 bits per heavy atom. The van der Waals surface area contributed by atoms with Crippen LogP contribution in [0.5, 0.6) is 5.75 Å². The lowest BCUT2D eigenvalue weighted by Gasteiger charge is -2.23. The average molecular weight is 233 g/mol. The Balaban J connectivity index is 1.93. The molecule has 0 bridgehead atoms. The Bertz CT molecular complexity index is 343. The van der Waals surface area contributed by atoms with Gasteiger partial charge in [0, 0.05) is 12.5 Å². The largest absolute Gasteiger partial charge is 0.493 e. The van der Waals surface area contributed by atoms with Crippen molar-refractivity contribution in [2.75, 3.05) is 19.7 Å². The van der Waals surface area contributed by atoms with Crippen molar-refractivity contribution in [3.05, 3.63) is 29.8 Å². The van der Waals surface area contributed by atoms with Crippen LogP contribution in [0.25, 0.3) is 0 Å². The third-order valence-corrected chi connectivity index (χ3v) is 3.41. The molecular weight excluding hydrogens is 210 g/mol. The highest BCUT2D eigenvalue weighted by Gasteiger charge is 2.14. The first-order valence-electron chi connectivity index (χ1n) is 6.70. The van der Waals surface area contributed by atoms with Crippen LogP contribution < -0.4 is 10.1 Å². The highest BCUT2D eigenvalue weighted by molar-refractivity contribution is 5.35. The molecule has 1 saturated heterocycles. The Morgan fingerprint density at radius 2 is 2.18 bits per heavy atom. The van der Waals surface area contributed by atoms with Crippen molar-refractivity contribution in [1.82, 2.24) is 5.32 Å². The summed E-state index contributed by atoms with van der Waals surface area (Å²) >= 11 is 0. The molecule has 1 aliphatic heterocycles. The predicted molar refractivity (Wildman–Crippen MR) is 71.6 cm³/mol. The SMILES string of the molecule is CC(C)c1ccccc1OC[C@H]1CCCNC1. The third kappa shape index (κ3) is 3.47. The first-order chi connectivity index (χ1) is 8.27. The summed E-state index contributed by atoms with van der Waals surface area (Å²) in [6, 6.07) is 8.40. The maximum atomic E-state index is 6.00. The minimum absolute atomic E-state index is 0.524. The third-order valence-electron chi connectivity index (χ3n) is 3.41. The normalized spacial score (nSPS) is 20.5. The van der Waals surface area contributed by atoms with Gasteiger partial charge in [-0.05, 0) is 36.9 Å². The van der Waals surface area contributed by atoms with Crippen LogP contribution in [0.3, 0.4) is 0 Å². The fourth-order valence-corrected chi connectivity index (χ4v) is 2.36. The molecule has 1 aromatic carbocycles. The highest BCUT2D eigenvalue weighted by atomic mass is 16.5. The summed E-state index contributed by atoms with van der Waals surface area (Å²) in [6.07, 6.45) is 2.57. The number of hydrogen-bond donors (Lipinski definition) is 1. The van der Waals surface area contributed by atoms with Crippen molar-refractivity contribution in [3.63, 3.8) is 0 Å². The Labute approximate surface area is 104 Å². The number of rotatable bonds is 4. The van der Waals surface area contributed by atoms with Gasteiger partial charge in [0.2, 0.25) is 0 Å². The molecule has 1 atom stereocenters. The lowest BCUT2D eigenvalue weighted by atomic mass is 10.00. The topological polar surface area (TPSA) is 21.3 Å². The molecule has 0 aromatic heterocycles. The average Bonchev–Trinajstić information content (AvgIpc) is 2.38. The molecule has 0 radical (unpaired) electrons. The van der Waals surface area contributed by atoms with Crippen molar-refractivity contribution < 1.29 is 4.74 Å². The number of nitrogens with one attached hydrogen (secondary N) is 1. The van der Waals surface area contributed by atoms with Gasteiger partial charge in [-0.2, -0.15) is 0 Å². The molecule has 0 amide bonds. The van der Waals surface area contributed by atoms with Gasteiger partial charge in [0.25, 0.3) is 0 Å². The molecule has 1 aliphatic rings. The molecule has 0 spiro atoms. The number of para-hydroxylation sites is 1. The van der Waals surface area contributed by atoms with E-state index in [0.717, 1.165) is 18.9 Å². The Morgan fingerprint density at radius 3 is 2.88 bits per heavy atom. The van der Waals surface area contributed by atoms with Crippen molar-refractivity contribution in [2.45, 2.75) is 32.6 Å². The summed E-state index contributed by atoms with van der Waals surface area (Å²) in [6.45, 7) is 7.54. The smallest absolute Gasteiger partial charge is 0.122 e. The van der Waals surface area contributed by atoms with Crippen LogP contribution in [0.1, 0.15) is 38.2 Å². The molecule has 0 unspecified atom stereocenters. The minimum Gasteiger partial charge on any atom is -0.493 e. The summed E-state index contributed by atoms with van der Waals surface area (Å²) in [5, 5.41) is 3.43. The van der Waals surface area contributed by atoms with Gasteiger partial charge in [-0.3, -0.25) is 0 Å². The maximum Gasteiger partial charge on any atom is 0.122 e. The lowest BCUT2D eigenvalue weighted by Crippen LogP contribution is -2.33. The van der Waals surface area contributed by atoms with E-state index in [2.05, 4.69) is 43.4 Å². The molecule has 1 heterocycles. The van der Waals surface area contributed by atoms with Crippen LogP contribution in [-0.4, -0.2) is 19.7 Å². The molecule has 1 aromatic rings. The van der Waals surface area contributed by atoms with Crippen LogP contribution in [0.15, 0.2) is 24.3 Å². The van der Waals surface area contributed by atoms with E-state index in [1.54, 1.807) is 0 Å². The minimum atomic E-state index is 0.524. The molecule has 0 saturated carbocycles. The zero-order valence-corrected chi connectivity index (χ0v) is 10.9. The summed E-state index contributed by atoms with van der Waals surface area (Å²) in [7, 11) is 0. The van der Waals surface area contributed by atoms with E-state index >= 15 is 0 Å². The first-order valence-corrected chi connectivity index (χ1v) is 6.70. The van der Waals surface area contributed by atoms with Gasteiger partial charge in [-0.15, -0.1) is 0 Å². The molecule has 94 valence electrons. The van der Waals surface area contributed by atoms with Crippen molar-refractivity contribution >= 4 is 0 Å². The molecule has 1 fully saturated rings. The van der Waals surface area contributed by atoms with Crippen LogP contribution in [0, 0.1) is 5.92 Å². The van der Waals surface area contributed by atoms with E-state index in [-0.39, 0.29) is 0 Å². The summed E-state index contributed by atoms with van der Waals surface area (Å²) < 4.78 is 6.00. The van der Waals surface area contributed by atoms with E-state index < -0.39 is 0 Å². The number of ether oxygens (including phenoxy) is 1. The van der Waals surface area contributed by atoms with Gasteiger partial charge in [-0.1, -0.05) is 32.0 Å². The molecule has 2 rings (SSSR count). The monoisotopic (exact) mass is 233 g/mol. The van der Waals surface area contributed by atoms with Crippen LogP contribution in [0.4, 0.5) is 0 Å². The van der Waals surface area contributed by atoms with Gasteiger partial charge in [0.15, 0.2) is 0 Å². The maximum absolute atomic E-state index is 6.00. The number of hydrogen-bond acceptors (Lipinski definition) is 2. The summed E-state index contributed by atoms with van der Waals surface area (Å²) in [4.78, 5) is 0. The van der Waals surface area contributed by atoms with Gasteiger partial charge in [0.1, 0.15) is 5.75 Å². The van der Waals surface area contributed by atoms with E-state index in [4.69, 9.17) is 4.74 Å². The van der Waals surface area contributed by atoms with Gasteiger partial charge in [-0.25, -0.2) is 0 Å².